The van der Waals surface area contributed by atoms with Gasteiger partial charge in [0.2, 0.25) is 0 Å². The first-order chi connectivity index (χ1) is 11.8. The van der Waals surface area contributed by atoms with E-state index >= 15 is 0 Å². The molecule has 2 aromatic carbocycles. The van der Waals surface area contributed by atoms with E-state index in [0.717, 1.165) is 24.8 Å². The smallest absolute Gasteiger partial charge is 0.191 e. The zero-order valence-corrected chi connectivity index (χ0v) is 13.5. The van der Waals surface area contributed by atoms with Gasteiger partial charge in [0, 0.05) is 6.20 Å². The lowest BCUT2D eigenvalue weighted by Crippen LogP contribution is -2.42. The van der Waals surface area contributed by atoms with Crippen LogP contribution in [0.2, 0.25) is 0 Å². The number of nitrogens with zero attached hydrogens (tertiary/aromatic N) is 1. The predicted octanol–water partition coefficient (Wildman–Crippen LogP) is 5.05. The number of Topliss-reactive ketones (excluding diaryl/α,β-unsaturated/α-hetero) is 1. The zero-order chi connectivity index (χ0) is 16.4. The Morgan fingerprint density at radius 2 is 1.46 bits per heavy atom. The molecule has 1 heterocycles. The fourth-order valence-electron chi connectivity index (χ4n) is 3.53. The lowest BCUT2D eigenvalue weighted by molar-refractivity contribution is 0.0783. The van der Waals surface area contributed by atoms with Crippen LogP contribution in [0.5, 0.6) is 0 Å². The SMILES string of the molecule is O=C(c1ccccn1)C1(c2ccc(-c3ccccc3)cc2)CCC1. The van der Waals surface area contributed by atoms with Gasteiger partial charge in [0.25, 0.3) is 0 Å². The van der Waals surface area contributed by atoms with Gasteiger partial charge >= 0.3 is 0 Å². The molecule has 1 fully saturated rings. The topological polar surface area (TPSA) is 30.0 Å². The second-order valence-electron chi connectivity index (χ2n) is 6.42. The monoisotopic (exact) mass is 313 g/mol. The largest absolute Gasteiger partial charge is 0.291 e. The third-order valence-corrected chi connectivity index (χ3v) is 5.08. The van der Waals surface area contributed by atoms with Crippen LogP contribution in [-0.2, 0) is 5.41 Å². The van der Waals surface area contributed by atoms with Crippen molar-refractivity contribution in [3.8, 4) is 11.1 Å². The van der Waals surface area contributed by atoms with E-state index < -0.39 is 0 Å². The summed E-state index contributed by atoms with van der Waals surface area (Å²) in [6.07, 6.45) is 4.61. The van der Waals surface area contributed by atoms with Crippen LogP contribution < -0.4 is 0 Å². The van der Waals surface area contributed by atoms with Gasteiger partial charge in [-0.25, -0.2) is 0 Å². The average molecular weight is 313 g/mol. The Morgan fingerprint density at radius 3 is 2.04 bits per heavy atom. The van der Waals surface area contributed by atoms with E-state index in [1.165, 1.54) is 11.1 Å². The Bertz CT molecular complexity index is 834. The molecule has 2 nitrogen and oxygen atoms in total. The van der Waals surface area contributed by atoms with Crippen LogP contribution in [0.25, 0.3) is 11.1 Å². The molecule has 118 valence electrons. The molecule has 3 aromatic rings. The van der Waals surface area contributed by atoms with E-state index in [1.807, 2.05) is 36.4 Å². The summed E-state index contributed by atoms with van der Waals surface area (Å²) < 4.78 is 0. The van der Waals surface area contributed by atoms with Crippen molar-refractivity contribution in [3.63, 3.8) is 0 Å². The van der Waals surface area contributed by atoms with Crippen molar-refractivity contribution in [2.75, 3.05) is 0 Å². The van der Waals surface area contributed by atoms with E-state index in [9.17, 15) is 4.79 Å². The number of pyridine rings is 1. The van der Waals surface area contributed by atoms with Crippen LogP contribution in [0.4, 0.5) is 0 Å². The number of hydrogen-bond donors (Lipinski definition) is 0. The molecule has 0 saturated heterocycles. The van der Waals surface area contributed by atoms with Gasteiger partial charge in [-0.2, -0.15) is 0 Å². The minimum Gasteiger partial charge on any atom is -0.291 e. The van der Waals surface area contributed by atoms with Gasteiger partial charge in [-0.05, 0) is 41.7 Å². The molecule has 1 aliphatic rings. The van der Waals surface area contributed by atoms with Gasteiger partial charge in [-0.15, -0.1) is 0 Å². The maximum Gasteiger partial charge on any atom is 0.191 e. The number of ketones is 1. The Morgan fingerprint density at radius 1 is 0.792 bits per heavy atom. The molecule has 0 radical (unpaired) electrons. The Hall–Kier alpha value is -2.74. The maximum atomic E-state index is 13.0. The number of rotatable bonds is 4. The first-order valence-corrected chi connectivity index (χ1v) is 8.41. The molecule has 1 aliphatic carbocycles. The summed E-state index contributed by atoms with van der Waals surface area (Å²) in [6.45, 7) is 0. The number of benzene rings is 2. The molecule has 0 spiro atoms. The summed E-state index contributed by atoms with van der Waals surface area (Å²) >= 11 is 0. The number of aromatic nitrogens is 1. The van der Waals surface area contributed by atoms with Crippen molar-refractivity contribution < 1.29 is 4.79 Å². The fraction of sp³-hybridized carbons (Fsp3) is 0.182. The highest BCUT2D eigenvalue weighted by Crippen LogP contribution is 2.46. The minimum absolute atomic E-state index is 0.154. The molecule has 0 aliphatic heterocycles. The molecule has 1 saturated carbocycles. The van der Waals surface area contributed by atoms with Crippen molar-refractivity contribution >= 4 is 5.78 Å². The van der Waals surface area contributed by atoms with E-state index in [-0.39, 0.29) is 11.2 Å². The summed E-state index contributed by atoms with van der Waals surface area (Å²) in [5.41, 5.74) is 3.68. The lowest BCUT2D eigenvalue weighted by atomic mass is 9.61. The predicted molar refractivity (Wildman–Crippen MR) is 96.0 cm³/mol. The normalized spacial score (nSPS) is 15.5. The van der Waals surface area contributed by atoms with E-state index in [0.29, 0.717) is 5.69 Å². The second kappa shape index (κ2) is 6.04. The van der Waals surface area contributed by atoms with E-state index in [2.05, 4.69) is 41.4 Å². The molecule has 0 amide bonds. The Labute approximate surface area is 142 Å². The van der Waals surface area contributed by atoms with E-state index in [1.54, 1.807) is 6.20 Å². The molecule has 0 atom stereocenters. The standard InChI is InChI=1S/C22H19NO/c24-21(20-9-4-5-16-23-20)22(14-6-15-22)19-12-10-18(11-13-19)17-7-2-1-3-8-17/h1-5,7-13,16H,6,14-15H2. The van der Waals surface area contributed by atoms with Crippen molar-refractivity contribution in [3.05, 3.63) is 90.3 Å². The lowest BCUT2D eigenvalue weighted by Gasteiger charge is -2.40. The van der Waals surface area contributed by atoms with Crippen LogP contribution in [0.15, 0.2) is 79.0 Å². The van der Waals surface area contributed by atoms with Crippen LogP contribution in [-0.4, -0.2) is 10.8 Å². The minimum atomic E-state index is -0.385. The highest BCUT2D eigenvalue weighted by atomic mass is 16.1. The van der Waals surface area contributed by atoms with Crippen LogP contribution >= 0.6 is 0 Å². The van der Waals surface area contributed by atoms with Gasteiger partial charge in [0.15, 0.2) is 5.78 Å². The first kappa shape index (κ1) is 14.8. The van der Waals surface area contributed by atoms with Gasteiger partial charge in [-0.1, -0.05) is 67.1 Å². The van der Waals surface area contributed by atoms with Crippen molar-refractivity contribution in [2.24, 2.45) is 0 Å². The summed E-state index contributed by atoms with van der Waals surface area (Å²) in [6, 6.07) is 24.3. The van der Waals surface area contributed by atoms with Gasteiger partial charge in [0.1, 0.15) is 5.69 Å². The summed E-state index contributed by atoms with van der Waals surface area (Å²) in [7, 11) is 0. The fourth-order valence-corrected chi connectivity index (χ4v) is 3.53. The van der Waals surface area contributed by atoms with Crippen molar-refractivity contribution in [1.82, 2.24) is 4.98 Å². The Kier molecular flexibility index (Phi) is 3.73. The molecule has 4 rings (SSSR count). The number of carbonyl (C=O) groups excluding carboxylic acids is 1. The molecule has 0 N–H and O–H groups in total. The van der Waals surface area contributed by atoms with Crippen LogP contribution in [0, 0.1) is 0 Å². The van der Waals surface area contributed by atoms with Crippen molar-refractivity contribution in [1.29, 1.82) is 0 Å². The number of hydrogen-bond acceptors (Lipinski definition) is 2. The highest BCUT2D eigenvalue weighted by Gasteiger charge is 2.46. The first-order valence-electron chi connectivity index (χ1n) is 8.41. The van der Waals surface area contributed by atoms with Gasteiger partial charge < -0.3 is 0 Å². The Balaban J connectivity index is 1.67. The maximum absolute atomic E-state index is 13.0. The molecule has 2 heteroatoms. The summed E-state index contributed by atoms with van der Waals surface area (Å²) in [5, 5.41) is 0. The van der Waals surface area contributed by atoms with Crippen LogP contribution in [0.1, 0.15) is 35.3 Å². The third-order valence-electron chi connectivity index (χ3n) is 5.08. The molecule has 24 heavy (non-hydrogen) atoms. The van der Waals surface area contributed by atoms with Gasteiger partial charge in [0.05, 0.1) is 5.41 Å². The molecule has 0 bridgehead atoms. The van der Waals surface area contributed by atoms with Gasteiger partial charge in [-0.3, -0.25) is 9.78 Å². The molecule has 0 unspecified atom stereocenters. The second-order valence-corrected chi connectivity index (χ2v) is 6.42. The number of carbonyl (C=O) groups is 1. The highest BCUT2D eigenvalue weighted by molar-refractivity contribution is 6.03. The molecule has 1 aromatic heterocycles. The third kappa shape index (κ3) is 2.44. The summed E-state index contributed by atoms with van der Waals surface area (Å²) in [4.78, 5) is 17.3. The average Bonchev–Trinajstić information content (AvgIpc) is 2.63. The van der Waals surface area contributed by atoms with Crippen LogP contribution in [0.3, 0.4) is 0 Å². The molecular weight excluding hydrogens is 294 g/mol. The summed E-state index contributed by atoms with van der Waals surface area (Å²) in [5.74, 6) is 0.154. The molecular formula is C22H19NO. The zero-order valence-electron chi connectivity index (χ0n) is 13.5. The quantitative estimate of drug-likeness (QED) is 0.631. The van der Waals surface area contributed by atoms with Crippen molar-refractivity contribution in [2.45, 2.75) is 24.7 Å². The van der Waals surface area contributed by atoms with E-state index in [4.69, 9.17) is 0 Å².